The predicted molar refractivity (Wildman–Crippen MR) is 89.1 cm³/mol. The first-order valence-corrected chi connectivity index (χ1v) is 9.82. The zero-order valence-electron chi connectivity index (χ0n) is 11.2. The molecule has 112 valence electrons. The molecule has 1 heterocycles. The fraction of sp³-hybridized carbons (Fsp3) is 0.286. The first kappa shape index (κ1) is 15.0. The molecule has 3 N–H and O–H groups in total. The van der Waals surface area contributed by atoms with Crippen LogP contribution in [-0.2, 0) is 16.4 Å². The van der Waals surface area contributed by atoms with E-state index < -0.39 is 10.0 Å². The molecule has 21 heavy (non-hydrogen) atoms. The van der Waals surface area contributed by atoms with E-state index in [9.17, 15) is 8.42 Å². The quantitative estimate of drug-likeness (QED) is 0.845. The van der Waals surface area contributed by atoms with Gasteiger partial charge in [0, 0.05) is 15.0 Å². The number of aryl methyl sites for hydroxylation is 1. The minimum absolute atomic E-state index is 0.111. The first-order valence-electron chi connectivity index (χ1n) is 6.60. The lowest BCUT2D eigenvalue weighted by Crippen LogP contribution is -2.16. The molecule has 0 aliphatic heterocycles. The maximum Gasteiger partial charge on any atom is 0.238 e. The van der Waals surface area contributed by atoms with Crippen LogP contribution >= 0.6 is 27.3 Å². The van der Waals surface area contributed by atoms with Gasteiger partial charge in [-0.2, -0.15) is 0 Å². The molecule has 1 atom stereocenters. The van der Waals surface area contributed by atoms with Crippen LogP contribution in [0.3, 0.4) is 0 Å². The highest BCUT2D eigenvalue weighted by molar-refractivity contribution is 9.10. The number of halogens is 1. The zero-order chi connectivity index (χ0) is 15.0. The van der Waals surface area contributed by atoms with E-state index in [0.29, 0.717) is 4.47 Å². The second-order valence-corrected chi connectivity index (χ2v) is 8.49. The van der Waals surface area contributed by atoms with Crippen molar-refractivity contribution in [1.82, 2.24) is 0 Å². The molecule has 4 nitrogen and oxygen atoms in total. The molecular weight excluding hydrogens is 372 g/mol. The lowest BCUT2D eigenvalue weighted by Gasteiger charge is -2.25. The number of benzene rings is 1. The fourth-order valence-electron chi connectivity index (χ4n) is 2.61. The van der Waals surface area contributed by atoms with E-state index in [4.69, 9.17) is 5.14 Å². The van der Waals surface area contributed by atoms with E-state index in [1.165, 1.54) is 22.6 Å². The van der Waals surface area contributed by atoms with Gasteiger partial charge < -0.3 is 5.32 Å². The summed E-state index contributed by atoms with van der Waals surface area (Å²) in [5, 5.41) is 10.8. The molecule has 0 spiro atoms. The van der Waals surface area contributed by atoms with Crippen molar-refractivity contribution in [2.75, 3.05) is 5.32 Å². The van der Waals surface area contributed by atoms with Crippen LogP contribution in [-0.4, -0.2) is 8.42 Å². The number of anilines is 1. The second-order valence-electron chi connectivity index (χ2n) is 5.07. The van der Waals surface area contributed by atoms with Crippen molar-refractivity contribution in [3.63, 3.8) is 0 Å². The average Bonchev–Trinajstić information content (AvgIpc) is 2.89. The highest BCUT2D eigenvalue weighted by atomic mass is 79.9. The normalized spacial score (nSPS) is 18.3. The van der Waals surface area contributed by atoms with E-state index in [-0.39, 0.29) is 10.9 Å². The fourth-order valence-corrected chi connectivity index (χ4v) is 4.79. The first-order chi connectivity index (χ1) is 9.95. The van der Waals surface area contributed by atoms with Crippen molar-refractivity contribution in [2.45, 2.75) is 30.2 Å². The van der Waals surface area contributed by atoms with Gasteiger partial charge >= 0.3 is 0 Å². The Kier molecular flexibility index (Phi) is 4.09. The summed E-state index contributed by atoms with van der Waals surface area (Å²) in [6.45, 7) is 0. The molecule has 1 unspecified atom stereocenters. The Morgan fingerprint density at radius 1 is 1.33 bits per heavy atom. The number of primary sulfonamides is 1. The molecule has 1 aromatic carbocycles. The van der Waals surface area contributed by atoms with Gasteiger partial charge in [-0.25, -0.2) is 13.6 Å². The number of fused-ring (bicyclic) bond motifs is 1. The Balaban J connectivity index is 1.87. The number of thiophene rings is 1. The third-order valence-corrected chi connectivity index (χ3v) is 6.21. The smallest absolute Gasteiger partial charge is 0.238 e. The minimum atomic E-state index is -3.67. The van der Waals surface area contributed by atoms with Gasteiger partial charge in [0.05, 0.1) is 10.9 Å². The van der Waals surface area contributed by atoms with Crippen LogP contribution in [0.2, 0.25) is 0 Å². The molecule has 0 saturated heterocycles. The van der Waals surface area contributed by atoms with Gasteiger partial charge in [0.15, 0.2) is 0 Å². The molecule has 7 heteroatoms. The van der Waals surface area contributed by atoms with Crippen molar-refractivity contribution in [3.8, 4) is 0 Å². The Labute approximate surface area is 136 Å². The number of nitrogens with two attached hydrogens (primary N) is 1. The number of hydrogen-bond acceptors (Lipinski definition) is 4. The molecule has 1 aliphatic carbocycles. The third kappa shape index (κ3) is 3.15. The van der Waals surface area contributed by atoms with Crippen molar-refractivity contribution in [3.05, 3.63) is 44.6 Å². The molecule has 2 aromatic rings. The minimum Gasteiger partial charge on any atom is -0.377 e. The number of nitrogens with one attached hydrogen (secondary N) is 1. The molecule has 0 radical (unpaired) electrons. The van der Waals surface area contributed by atoms with Crippen molar-refractivity contribution < 1.29 is 8.42 Å². The maximum absolute atomic E-state index is 11.4. The summed E-state index contributed by atoms with van der Waals surface area (Å²) in [4.78, 5) is 1.55. The van der Waals surface area contributed by atoms with Gasteiger partial charge in [-0.15, -0.1) is 11.3 Å². The molecule has 0 amide bonds. The van der Waals surface area contributed by atoms with E-state index in [2.05, 4.69) is 32.7 Å². The van der Waals surface area contributed by atoms with Crippen LogP contribution in [0.5, 0.6) is 0 Å². The number of hydrogen-bond donors (Lipinski definition) is 2. The van der Waals surface area contributed by atoms with Crippen LogP contribution in [0, 0.1) is 0 Å². The van der Waals surface area contributed by atoms with E-state index in [1.54, 1.807) is 17.4 Å². The van der Waals surface area contributed by atoms with Crippen molar-refractivity contribution >= 4 is 43.0 Å². The summed E-state index contributed by atoms with van der Waals surface area (Å²) >= 11 is 5.22. The maximum atomic E-state index is 11.4. The zero-order valence-corrected chi connectivity index (χ0v) is 14.4. The highest BCUT2D eigenvalue weighted by Crippen LogP contribution is 2.37. The van der Waals surface area contributed by atoms with E-state index in [1.807, 2.05) is 0 Å². The van der Waals surface area contributed by atoms with Gasteiger partial charge in [0.1, 0.15) is 0 Å². The van der Waals surface area contributed by atoms with E-state index in [0.717, 1.165) is 24.9 Å². The summed E-state index contributed by atoms with van der Waals surface area (Å²) in [5.74, 6) is 0. The van der Waals surface area contributed by atoms with Crippen molar-refractivity contribution in [1.29, 1.82) is 0 Å². The van der Waals surface area contributed by atoms with Gasteiger partial charge in [-0.1, -0.05) is 0 Å². The van der Waals surface area contributed by atoms with Crippen LogP contribution in [0.15, 0.2) is 39.0 Å². The molecule has 3 rings (SSSR count). The van der Waals surface area contributed by atoms with Gasteiger partial charge in [-0.05, 0) is 70.4 Å². The topological polar surface area (TPSA) is 72.2 Å². The highest BCUT2D eigenvalue weighted by Gasteiger charge is 2.22. The molecule has 0 bridgehead atoms. The van der Waals surface area contributed by atoms with Gasteiger partial charge in [-0.3, -0.25) is 0 Å². The number of sulfonamides is 1. The summed E-state index contributed by atoms with van der Waals surface area (Å²) in [6.07, 6.45) is 3.39. The Morgan fingerprint density at radius 2 is 2.14 bits per heavy atom. The Morgan fingerprint density at radius 3 is 2.86 bits per heavy atom. The average molecular weight is 387 g/mol. The van der Waals surface area contributed by atoms with Crippen LogP contribution in [0.25, 0.3) is 0 Å². The van der Waals surface area contributed by atoms with Gasteiger partial charge in [0.2, 0.25) is 10.0 Å². The molecule has 0 saturated carbocycles. The lowest BCUT2D eigenvalue weighted by molar-refractivity contribution is 0.597. The molecule has 1 aliphatic rings. The standard InChI is InChI=1S/C14H15BrN2O2S2/c15-11-8-9(21(16,18)19)4-5-13(11)17-12-2-1-3-14-10(12)6-7-20-14/h4-8,12,17H,1-3H2,(H2,16,18,19). The number of rotatable bonds is 3. The largest absolute Gasteiger partial charge is 0.377 e. The SMILES string of the molecule is NS(=O)(=O)c1ccc(NC2CCCc3sccc32)c(Br)c1. The predicted octanol–water partition coefficient (Wildman–Crippen LogP) is 3.65. The van der Waals surface area contributed by atoms with Crippen LogP contribution < -0.4 is 10.5 Å². The Hall–Kier alpha value is -0.890. The Bertz CT molecular complexity index is 771. The second kappa shape index (κ2) is 5.72. The van der Waals surface area contributed by atoms with Crippen LogP contribution in [0.1, 0.15) is 29.3 Å². The third-order valence-electron chi connectivity index (χ3n) is 3.65. The summed E-state index contributed by atoms with van der Waals surface area (Å²) < 4.78 is 23.4. The van der Waals surface area contributed by atoms with Crippen LogP contribution in [0.4, 0.5) is 5.69 Å². The summed E-state index contributed by atoms with van der Waals surface area (Å²) in [7, 11) is -3.67. The molecule has 1 aromatic heterocycles. The van der Waals surface area contributed by atoms with Gasteiger partial charge in [0.25, 0.3) is 0 Å². The summed E-state index contributed by atoms with van der Waals surface area (Å²) in [5.41, 5.74) is 2.24. The monoisotopic (exact) mass is 386 g/mol. The van der Waals surface area contributed by atoms with Crippen molar-refractivity contribution in [2.24, 2.45) is 5.14 Å². The van der Waals surface area contributed by atoms with E-state index >= 15 is 0 Å². The summed E-state index contributed by atoms with van der Waals surface area (Å²) in [6, 6.07) is 7.26. The lowest BCUT2D eigenvalue weighted by atomic mass is 9.94. The molecule has 0 fully saturated rings. The molecular formula is C14H15BrN2O2S2.